The standard InChI is InChI=1S/C12H19NO2S/c1-4-9-13-11-7-5-6-8-12(11)16(14,15)10(2)3/h5-8,10,13H,4,9H2,1-3H3. The van der Waals surface area contributed by atoms with Crippen molar-refractivity contribution in [3.8, 4) is 0 Å². The molecule has 0 fully saturated rings. The maximum Gasteiger partial charge on any atom is 0.182 e. The highest BCUT2D eigenvalue weighted by Crippen LogP contribution is 2.24. The van der Waals surface area contributed by atoms with Crippen molar-refractivity contribution in [2.24, 2.45) is 0 Å². The quantitative estimate of drug-likeness (QED) is 0.862. The molecule has 1 aromatic rings. The summed E-state index contributed by atoms with van der Waals surface area (Å²) in [4.78, 5) is 0.401. The summed E-state index contributed by atoms with van der Waals surface area (Å²) in [6, 6.07) is 7.07. The number of benzene rings is 1. The van der Waals surface area contributed by atoms with Gasteiger partial charge in [0.05, 0.1) is 15.8 Å². The van der Waals surface area contributed by atoms with Crippen molar-refractivity contribution in [2.45, 2.75) is 37.3 Å². The van der Waals surface area contributed by atoms with Gasteiger partial charge in [-0.05, 0) is 32.4 Å². The average molecular weight is 241 g/mol. The Hall–Kier alpha value is -1.03. The number of rotatable bonds is 5. The maximum atomic E-state index is 12.1. The van der Waals surface area contributed by atoms with Crippen molar-refractivity contribution >= 4 is 15.5 Å². The highest BCUT2D eigenvalue weighted by molar-refractivity contribution is 7.92. The molecule has 0 saturated heterocycles. The number of sulfone groups is 1. The first-order valence-corrected chi connectivity index (χ1v) is 7.11. The van der Waals surface area contributed by atoms with Gasteiger partial charge >= 0.3 is 0 Å². The van der Waals surface area contributed by atoms with Crippen molar-refractivity contribution in [3.05, 3.63) is 24.3 Å². The Balaban J connectivity index is 3.13. The number of para-hydroxylation sites is 1. The summed E-state index contributed by atoms with van der Waals surface area (Å²) in [6.45, 7) is 6.23. The van der Waals surface area contributed by atoms with E-state index in [0.29, 0.717) is 10.6 Å². The highest BCUT2D eigenvalue weighted by atomic mass is 32.2. The minimum atomic E-state index is -3.20. The molecule has 0 unspecified atom stereocenters. The second kappa shape index (κ2) is 5.34. The fraction of sp³-hybridized carbons (Fsp3) is 0.500. The topological polar surface area (TPSA) is 46.2 Å². The highest BCUT2D eigenvalue weighted by Gasteiger charge is 2.21. The zero-order valence-electron chi connectivity index (χ0n) is 10.0. The van der Waals surface area contributed by atoms with Crippen molar-refractivity contribution in [2.75, 3.05) is 11.9 Å². The molecule has 0 heterocycles. The van der Waals surface area contributed by atoms with Gasteiger partial charge in [0.2, 0.25) is 0 Å². The zero-order chi connectivity index (χ0) is 12.2. The van der Waals surface area contributed by atoms with Gasteiger partial charge in [-0.1, -0.05) is 19.1 Å². The van der Waals surface area contributed by atoms with Gasteiger partial charge in [-0.3, -0.25) is 0 Å². The van der Waals surface area contributed by atoms with Crippen LogP contribution in [0.15, 0.2) is 29.2 Å². The molecule has 0 spiro atoms. The normalized spacial score (nSPS) is 11.8. The summed E-state index contributed by atoms with van der Waals surface area (Å²) in [5, 5.41) is 2.75. The van der Waals surface area contributed by atoms with Crippen LogP contribution >= 0.6 is 0 Å². The van der Waals surface area contributed by atoms with Crippen molar-refractivity contribution in [1.82, 2.24) is 0 Å². The largest absolute Gasteiger partial charge is 0.384 e. The van der Waals surface area contributed by atoms with Crippen LogP contribution in [0.25, 0.3) is 0 Å². The van der Waals surface area contributed by atoms with E-state index in [1.54, 1.807) is 26.0 Å². The Morgan fingerprint density at radius 1 is 1.25 bits per heavy atom. The van der Waals surface area contributed by atoms with E-state index in [4.69, 9.17) is 0 Å². The number of anilines is 1. The Morgan fingerprint density at radius 3 is 2.44 bits per heavy atom. The lowest BCUT2D eigenvalue weighted by molar-refractivity contribution is 0.587. The third kappa shape index (κ3) is 2.76. The van der Waals surface area contributed by atoms with Crippen LogP contribution in [0.4, 0.5) is 5.69 Å². The molecule has 0 aliphatic carbocycles. The van der Waals surface area contributed by atoms with Crippen molar-refractivity contribution in [3.63, 3.8) is 0 Å². The van der Waals surface area contributed by atoms with Crippen LogP contribution in [0.5, 0.6) is 0 Å². The van der Waals surface area contributed by atoms with Gasteiger partial charge in [-0.2, -0.15) is 0 Å². The molecule has 0 aliphatic heterocycles. The minimum Gasteiger partial charge on any atom is -0.384 e. The number of hydrogen-bond donors (Lipinski definition) is 1. The molecular weight excluding hydrogens is 222 g/mol. The molecule has 1 aromatic carbocycles. The maximum absolute atomic E-state index is 12.1. The molecule has 0 saturated carbocycles. The van der Waals surface area contributed by atoms with Gasteiger partial charge in [0.1, 0.15) is 0 Å². The summed E-state index contributed by atoms with van der Waals surface area (Å²) in [5.41, 5.74) is 0.707. The lowest BCUT2D eigenvalue weighted by atomic mass is 10.3. The van der Waals surface area contributed by atoms with Crippen LogP contribution in [0.3, 0.4) is 0 Å². The first-order valence-electron chi connectivity index (χ1n) is 5.57. The summed E-state index contributed by atoms with van der Waals surface area (Å²) < 4.78 is 24.2. The molecule has 1 N–H and O–H groups in total. The van der Waals surface area contributed by atoms with Gasteiger partial charge in [0.15, 0.2) is 9.84 Å². The average Bonchev–Trinajstić information content (AvgIpc) is 2.26. The molecule has 0 bridgehead atoms. The Kier molecular flexibility index (Phi) is 4.35. The monoisotopic (exact) mass is 241 g/mol. The van der Waals surface area contributed by atoms with E-state index >= 15 is 0 Å². The summed E-state index contributed by atoms with van der Waals surface area (Å²) >= 11 is 0. The van der Waals surface area contributed by atoms with Crippen LogP contribution in [0.1, 0.15) is 27.2 Å². The molecular formula is C12H19NO2S. The van der Waals surface area contributed by atoms with Gasteiger partial charge in [-0.25, -0.2) is 8.42 Å². The minimum absolute atomic E-state index is 0.392. The summed E-state index contributed by atoms with van der Waals surface area (Å²) in [5.74, 6) is 0. The zero-order valence-corrected chi connectivity index (χ0v) is 10.8. The second-order valence-electron chi connectivity index (χ2n) is 4.02. The molecule has 0 aromatic heterocycles. The molecule has 1 rings (SSSR count). The molecule has 0 aliphatic rings. The van der Waals surface area contributed by atoms with Crippen LogP contribution in [0.2, 0.25) is 0 Å². The number of nitrogens with one attached hydrogen (secondary N) is 1. The summed E-state index contributed by atoms with van der Waals surface area (Å²) in [7, 11) is -3.20. The van der Waals surface area contributed by atoms with Crippen LogP contribution in [-0.4, -0.2) is 20.2 Å². The fourth-order valence-corrected chi connectivity index (χ4v) is 2.60. The van der Waals surface area contributed by atoms with E-state index in [9.17, 15) is 8.42 Å². The first kappa shape index (κ1) is 13.0. The van der Waals surface area contributed by atoms with E-state index < -0.39 is 15.1 Å². The Bertz CT molecular complexity index is 438. The van der Waals surface area contributed by atoms with E-state index in [1.807, 2.05) is 19.1 Å². The molecule has 16 heavy (non-hydrogen) atoms. The van der Waals surface area contributed by atoms with Crippen LogP contribution in [0, 0.1) is 0 Å². The van der Waals surface area contributed by atoms with Crippen LogP contribution in [-0.2, 0) is 9.84 Å². The smallest absolute Gasteiger partial charge is 0.182 e. The van der Waals surface area contributed by atoms with E-state index in [0.717, 1.165) is 13.0 Å². The molecule has 0 amide bonds. The molecule has 0 radical (unpaired) electrons. The number of hydrogen-bond acceptors (Lipinski definition) is 3. The van der Waals surface area contributed by atoms with E-state index in [-0.39, 0.29) is 0 Å². The van der Waals surface area contributed by atoms with Crippen LogP contribution < -0.4 is 5.32 Å². The van der Waals surface area contributed by atoms with Crippen molar-refractivity contribution in [1.29, 1.82) is 0 Å². The molecule has 4 heteroatoms. The lowest BCUT2D eigenvalue weighted by Gasteiger charge is -2.13. The third-order valence-corrected chi connectivity index (χ3v) is 4.59. The predicted octanol–water partition coefficient (Wildman–Crippen LogP) is 2.69. The van der Waals surface area contributed by atoms with E-state index in [1.165, 1.54) is 0 Å². The molecule has 0 atom stereocenters. The second-order valence-corrected chi connectivity index (χ2v) is 6.49. The van der Waals surface area contributed by atoms with Gasteiger partial charge in [0.25, 0.3) is 0 Å². The Morgan fingerprint density at radius 2 is 1.88 bits per heavy atom. The first-order chi connectivity index (χ1) is 7.50. The summed E-state index contributed by atoms with van der Waals surface area (Å²) in [6.07, 6.45) is 0.968. The molecule has 90 valence electrons. The van der Waals surface area contributed by atoms with Gasteiger partial charge < -0.3 is 5.32 Å². The SMILES string of the molecule is CCCNc1ccccc1S(=O)(=O)C(C)C. The predicted molar refractivity (Wildman–Crippen MR) is 67.5 cm³/mol. The third-order valence-electron chi connectivity index (χ3n) is 2.38. The fourth-order valence-electron chi connectivity index (χ4n) is 1.37. The lowest BCUT2D eigenvalue weighted by Crippen LogP contribution is -2.16. The van der Waals surface area contributed by atoms with Gasteiger partial charge in [0, 0.05) is 6.54 Å². The van der Waals surface area contributed by atoms with Gasteiger partial charge in [-0.15, -0.1) is 0 Å². The van der Waals surface area contributed by atoms with Crippen molar-refractivity contribution < 1.29 is 8.42 Å². The molecule has 3 nitrogen and oxygen atoms in total. The van der Waals surface area contributed by atoms with E-state index in [2.05, 4.69) is 5.32 Å². The Labute approximate surface area is 97.8 Å².